The highest BCUT2D eigenvalue weighted by atomic mass is 16.3. The lowest BCUT2D eigenvalue weighted by Crippen LogP contribution is -1.92. The second kappa shape index (κ2) is 2.64. The van der Waals surface area contributed by atoms with Gasteiger partial charge in [-0.15, -0.1) is 0 Å². The zero-order valence-electron chi connectivity index (χ0n) is 5.20. The van der Waals surface area contributed by atoms with Gasteiger partial charge in [0, 0.05) is 17.8 Å². The van der Waals surface area contributed by atoms with Gasteiger partial charge in [0.05, 0.1) is 12.9 Å². The van der Waals surface area contributed by atoms with Crippen molar-refractivity contribution >= 4 is 0 Å². The summed E-state index contributed by atoms with van der Waals surface area (Å²) in [5.41, 5.74) is 0.928. The van der Waals surface area contributed by atoms with E-state index in [0.29, 0.717) is 0 Å². The van der Waals surface area contributed by atoms with E-state index in [-0.39, 0.29) is 5.92 Å². The first kappa shape index (κ1) is 6.29. The maximum absolute atomic E-state index is 8.53. The van der Waals surface area contributed by atoms with Crippen molar-refractivity contribution in [2.75, 3.05) is 0 Å². The Kier molecular flexibility index (Phi) is 1.85. The lowest BCUT2D eigenvalue weighted by molar-refractivity contribution is 0.359. The number of nitrogens with one attached hydrogen (secondary N) is 1. The van der Waals surface area contributed by atoms with E-state index in [1.807, 2.05) is 6.92 Å². The molecule has 0 saturated heterocycles. The summed E-state index contributed by atoms with van der Waals surface area (Å²) in [6.45, 7) is 3.01. The van der Waals surface area contributed by atoms with Crippen LogP contribution in [-0.4, -0.2) is 15.1 Å². The molecule has 1 heterocycles. The Hall–Kier alpha value is -0.830. The number of aliphatic hydroxyl groups is 1. The minimum absolute atomic E-state index is 0.0486. The molecule has 49 valence electrons. The van der Waals surface area contributed by atoms with Crippen molar-refractivity contribution in [3.05, 3.63) is 24.8 Å². The average Bonchev–Trinajstić information content (AvgIpc) is 2.37. The van der Waals surface area contributed by atoms with Gasteiger partial charge in [-0.1, -0.05) is 6.92 Å². The van der Waals surface area contributed by atoms with Crippen LogP contribution in [0.15, 0.2) is 12.5 Å². The molecule has 0 amide bonds. The van der Waals surface area contributed by atoms with Crippen LogP contribution >= 0.6 is 0 Å². The maximum Gasteiger partial charge on any atom is 0.0921 e. The summed E-state index contributed by atoms with van der Waals surface area (Å²) < 4.78 is 0. The Morgan fingerprint density at radius 2 is 2.67 bits per heavy atom. The molecule has 0 bridgehead atoms. The molecule has 0 saturated carbocycles. The van der Waals surface area contributed by atoms with Crippen LogP contribution in [0.4, 0.5) is 0 Å². The number of imidazole rings is 1. The molecule has 1 rings (SSSR count). The molecule has 1 aromatic heterocycles. The first-order chi connectivity index (χ1) is 4.34. The second-order valence-electron chi connectivity index (χ2n) is 1.94. The van der Waals surface area contributed by atoms with Gasteiger partial charge < -0.3 is 10.1 Å². The van der Waals surface area contributed by atoms with Crippen LogP contribution in [0.5, 0.6) is 0 Å². The summed E-state index contributed by atoms with van der Waals surface area (Å²) in [7, 11) is 0. The maximum atomic E-state index is 8.53. The van der Waals surface area contributed by atoms with E-state index in [4.69, 9.17) is 5.11 Å². The third-order valence-electron chi connectivity index (χ3n) is 1.23. The molecule has 9 heavy (non-hydrogen) atoms. The van der Waals surface area contributed by atoms with Gasteiger partial charge in [-0.25, -0.2) is 4.98 Å². The van der Waals surface area contributed by atoms with Gasteiger partial charge in [0.15, 0.2) is 0 Å². The summed E-state index contributed by atoms with van der Waals surface area (Å²) in [5.74, 6) is 0.0486. The number of nitrogens with zero attached hydrogens (tertiary/aromatic N) is 1. The van der Waals surface area contributed by atoms with E-state index in [1.165, 1.54) is 0 Å². The fourth-order valence-corrected chi connectivity index (χ4v) is 0.596. The lowest BCUT2D eigenvalue weighted by Gasteiger charge is -2.00. The van der Waals surface area contributed by atoms with E-state index in [1.54, 1.807) is 12.5 Å². The molecular weight excluding hydrogens is 116 g/mol. The molecule has 1 radical (unpaired) electrons. The van der Waals surface area contributed by atoms with Gasteiger partial charge in [0.1, 0.15) is 0 Å². The molecule has 0 aliphatic heterocycles. The summed E-state index contributed by atoms with van der Waals surface area (Å²) in [6, 6.07) is 0. The van der Waals surface area contributed by atoms with Gasteiger partial charge in [-0.2, -0.15) is 0 Å². The SMILES string of the molecule is CC([CH]O)c1cnc[nH]1. The molecule has 1 unspecified atom stereocenters. The fraction of sp³-hybridized carbons (Fsp3) is 0.333. The molecule has 0 aliphatic rings. The van der Waals surface area contributed by atoms with Gasteiger partial charge >= 0.3 is 0 Å². The van der Waals surface area contributed by atoms with Crippen LogP contribution < -0.4 is 0 Å². The number of aliphatic hydroxyl groups excluding tert-OH is 1. The Bertz CT molecular complexity index is 160. The fourth-order valence-electron chi connectivity index (χ4n) is 0.596. The minimum atomic E-state index is 0.0486. The zero-order valence-corrected chi connectivity index (χ0v) is 5.20. The van der Waals surface area contributed by atoms with Crippen LogP contribution in [0.25, 0.3) is 0 Å². The Balaban J connectivity index is 2.65. The minimum Gasteiger partial charge on any atom is -0.390 e. The summed E-state index contributed by atoms with van der Waals surface area (Å²) in [4.78, 5) is 6.69. The molecule has 0 aromatic carbocycles. The van der Waals surface area contributed by atoms with Gasteiger partial charge in [-0.3, -0.25) is 0 Å². The zero-order chi connectivity index (χ0) is 6.69. The van der Waals surface area contributed by atoms with Crippen LogP contribution in [0, 0.1) is 6.61 Å². The van der Waals surface area contributed by atoms with Crippen LogP contribution in [0.1, 0.15) is 18.5 Å². The summed E-state index contributed by atoms with van der Waals surface area (Å²) in [5, 5.41) is 8.53. The van der Waals surface area contributed by atoms with Crippen molar-refractivity contribution in [3.8, 4) is 0 Å². The van der Waals surface area contributed by atoms with Crippen molar-refractivity contribution in [2.45, 2.75) is 12.8 Å². The average molecular weight is 125 g/mol. The molecule has 1 atom stereocenters. The van der Waals surface area contributed by atoms with Crippen LogP contribution in [-0.2, 0) is 0 Å². The molecule has 2 N–H and O–H groups in total. The number of aromatic nitrogens is 2. The van der Waals surface area contributed by atoms with E-state index >= 15 is 0 Å². The first-order valence-corrected chi connectivity index (χ1v) is 2.80. The predicted molar refractivity (Wildman–Crippen MR) is 33.2 cm³/mol. The molecule has 3 nitrogen and oxygen atoms in total. The Morgan fingerprint density at radius 3 is 3.11 bits per heavy atom. The lowest BCUT2D eigenvalue weighted by atomic mass is 10.1. The highest BCUT2D eigenvalue weighted by molar-refractivity contribution is 5.04. The third kappa shape index (κ3) is 1.29. The molecule has 0 fully saturated rings. The quantitative estimate of drug-likeness (QED) is 0.620. The summed E-state index contributed by atoms with van der Waals surface area (Å²) >= 11 is 0. The number of H-pyrrole nitrogens is 1. The van der Waals surface area contributed by atoms with Crippen molar-refractivity contribution in [1.82, 2.24) is 9.97 Å². The monoisotopic (exact) mass is 125 g/mol. The molecule has 0 spiro atoms. The molecule has 0 aliphatic carbocycles. The van der Waals surface area contributed by atoms with E-state index in [2.05, 4.69) is 9.97 Å². The van der Waals surface area contributed by atoms with E-state index < -0.39 is 0 Å². The number of hydrogen-bond donors (Lipinski definition) is 2. The third-order valence-corrected chi connectivity index (χ3v) is 1.23. The van der Waals surface area contributed by atoms with Gasteiger partial charge in [0.2, 0.25) is 0 Å². The molecular formula is C6H9N2O. The number of hydrogen-bond acceptors (Lipinski definition) is 2. The van der Waals surface area contributed by atoms with Crippen LogP contribution in [0.2, 0.25) is 0 Å². The molecule has 3 heteroatoms. The van der Waals surface area contributed by atoms with Crippen molar-refractivity contribution in [1.29, 1.82) is 0 Å². The van der Waals surface area contributed by atoms with E-state index in [9.17, 15) is 0 Å². The topological polar surface area (TPSA) is 48.9 Å². The van der Waals surface area contributed by atoms with E-state index in [0.717, 1.165) is 12.3 Å². The Labute approximate surface area is 53.7 Å². The number of aromatic amines is 1. The smallest absolute Gasteiger partial charge is 0.0921 e. The van der Waals surface area contributed by atoms with Gasteiger partial charge in [0.25, 0.3) is 0 Å². The normalized spacial score (nSPS) is 13.6. The highest BCUT2D eigenvalue weighted by Crippen LogP contribution is 2.11. The molecule has 1 aromatic rings. The van der Waals surface area contributed by atoms with Crippen molar-refractivity contribution < 1.29 is 5.11 Å². The Morgan fingerprint density at radius 1 is 1.89 bits per heavy atom. The number of rotatable bonds is 2. The highest BCUT2D eigenvalue weighted by Gasteiger charge is 2.03. The second-order valence-corrected chi connectivity index (χ2v) is 1.94. The van der Waals surface area contributed by atoms with Crippen molar-refractivity contribution in [2.24, 2.45) is 0 Å². The largest absolute Gasteiger partial charge is 0.390 e. The predicted octanol–water partition coefficient (Wildman–Crippen LogP) is 1.05. The van der Waals surface area contributed by atoms with Gasteiger partial charge in [-0.05, 0) is 0 Å². The van der Waals surface area contributed by atoms with Crippen molar-refractivity contribution in [3.63, 3.8) is 0 Å². The first-order valence-electron chi connectivity index (χ1n) is 2.80. The standard InChI is InChI=1S/C6H9N2O/c1-5(3-9)6-2-7-4-8-6/h2-5,9H,1H3,(H,7,8). The van der Waals surface area contributed by atoms with Crippen LogP contribution in [0.3, 0.4) is 0 Å². The summed E-state index contributed by atoms with van der Waals surface area (Å²) in [6.07, 6.45) is 3.28.